The first-order valence-electron chi connectivity index (χ1n) is 10.3. The summed E-state index contributed by atoms with van der Waals surface area (Å²) in [7, 11) is 0. The molecular weight excluding hydrogens is 370 g/mol. The summed E-state index contributed by atoms with van der Waals surface area (Å²) >= 11 is 0. The second-order valence-electron chi connectivity index (χ2n) is 8.04. The molecule has 0 saturated carbocycles. The quantitative estimate of drug-likeness (QED) is 0.694. The van der Waals surface area contributed by atoms with Crippen molar-refractivity contribution in [3.8, 4) is 6.07 Å². The van der Waals surface area contributed by atoms with Gasteiger partial charge < -0.3 is 20.2 Å². The van der Waals surface area contributed by atoms with Gasteiger partial charge in [0.05, 0.1) is 12.2 Å². The van der Waals surface area contributed by atoms with Crippen molar-refractivity contribution in [1.82, 2.24) is 15.2 Å². The third kappa shape index (κ3) is 4.51. The van der Waals surface area contributed by atoms with Crippen LogP contribution in [0.2, 0.25) is 0 Å². The molecule has 2 aliphatic rings. The topological polar surface area (TPSA) is 110 Å². The van der Waals surface area contributed by atoms with Gasteiger partial charge in [0.25, 0.3) is 0 Å². The number of hydrogen-bond donors (Lipinski definition) is 2. The monoisotopic (exact) mass is 399 g/mol. The standard InChI is InChI=1S/C21H29N5O3/c1-14(2)12-18-16-5-3-4-15(16)17(13-22)19(24-18)25-7-9-26(10-8-25)21(29)20(28)23-6-11-27/h14,27H,3-12H2,1-2H3,(H,23,28). The third-order valence-corrected chi connectivity index (χ3v) is 5.50. The minimum atomic E-state index is -0.694. The van der Waals surface area contributed by atoms with Gasteiger partial charge >= 0.3 is 11.8 Å². The van der Waals surface area contributed by atoms with Crippen molar-refractivity contribution in [2.24, 2.45) is 5.92 Å². The zero-order valence-corrected chi connectivity index (χ0v) is 17.2. The number of nitrogens with zero attached hydrogens (tertiary/aromatic N) is 4. The Morgan fingerprint density at radius 3 is 2.52 bits per heavy atom. The molecule has 2 amide bonds. The first kappa shape index (κ1) is 21.1. The Labute approximate surface area is 171 Å². The number of nitriles is 1. The molecular formula is C21H29N5O3. The van der Waals surface area contributed by atoms with Crippen LogP contribution in [0.1, 0.15) is 42.7 Å². The van der Waals surface area contributed by atoms with Crippen LogP contribution >= 0.6 is 0 Å². The average molecular weight is 399 g/mol. The van der Waals surface area contributed by atoms with Crippen molar-refractivity contribution in [2.45, 2.75) is 39.5 Å². The summed E-state index contributed by atoms with van der Waals surface area (Å²) in [6, 6.07) is 2.38. The SMILES string of the molecule is CC(C)Cc1nc(N2CCN(C(=O)C(=O)NCCO)CC2)c(C#N)c2c1CCC2. The van der Waals surface area contributed by atoms with Gasteiger partial charge in [0.1, 0.15) is 11.9 Å². The fraction of sp³-hybridized carbons (Fsp3) is 0.619. The van der Waals surface area contributed by atoms with Crippen LogP contribution in [0, 0.1) is 17.2 Å². The summed E-state index contributed by atoms with van der Waals surface area (Å²) in [5, 5.41) is 21.0. The average Bonchev–Trinajstić information content (AvgIpc) is 3.21. The highest BCUT2D eigenvalue weighted by atomic mass is 16.3. The van der Waals surface area contributed by atoms with Gasteiger partial charge in [-0.15, -0.1) is 0 Å². The summed E-state index contributed by atoms with van der Waals surface area (Å²) < 4.78 is 0. The van der Waals surface area contributed by atoms with E-state index in [9.17, 15) is 14.9 Å². The van der Waals surface area contributed by atoms with Gasteiger partial charge in [-0.1, -0.05) is 13.8 Å². The maximum absolute atomic E-state index is 12.2. The lowest BCUT2D eigenvalue weighted by atomic mass is 9.97. The van der Waals surface area contributed by atoms with Gasteiger partial charge in [0.15, 0.2) is 0 Å². The number of aromatic nitrogens is 1. The highest BCUT2D eigenvalue weighted by molar-refractivity contribution is 6.35. The predicted octanol–water partition coefficient (Wildman–Crippen LogP) is 0.398. The first-order valence-corrected chi connectivity index (χ1v) is 10.3. The number of piperazine rings is 1. The fourth-order valence-electron chi connectivity index (χ4n) is 4.14. The number of nitrogens with one attached hydrogen (secondary N) is 1. The molecule has 2 heterocycles. The number of pyridine rings is 1. The number of fused-ring (bicyclic) bond motifs is 1. The largest absolute Gasteiger partial charge is 0.395 e. The summed E-state index contributed by atoms with van der Waals surface area (Å²) in [5.41, 5.74) is 4.18. The van der Waals surface area contributed by atoms with E-state index in [1.807, 2.05) is 0 Å². The van der Waals surface area contributed by atoms with Crippen LogP contribution in [0.4, 0.5) is 5.82 Å². The number of rotatable bonds is 5. The van der Waals surface area contributed by atoms with Crippen molar-refractivity contribution in [3.63, 3.8) is 0 Å². The molecule has 1 aliphatic carbocycles. The molecule has 0 radical (unpaired) electrons. The van der Waals surface area contributed by atoms with Crippen LogP contribution in [0.25, 0.3) is 0 Å². The van der Waals surface area contributed by atoms with Crippen molar-refractivity contribution in [3.05, 3.63) is 22.4 Å². The number of hydrogen-bond acceptors (Lipinski definition) is 6. The molecule has 1 aromatic heterocycles. The van der Waals surface area contributed by atoms with Crippen LogP contribution in [0.15, 0.2) is 0 Å². The molecule has 8 nitrogen and oxygen atoms in total. The van der Waals surface area contributed by atoms with Gasteiger partial charge in [0, 0.05) is 38.4 Å². The van der Waals surface area contributed by atoms with Crippen molar-refractivity contribution < 1.29 is 14.7 Å². The zero-order chi connectivity index (χ0) is 21.0. The summed E-state index contributed by atoms with van der Waals surface area (Å²) in [6.45, 7) is 6.06. The molecule has 8 heteroatoms. The Balaban J connectivity index is 1.78. The van der Waals surface area contributed by atoms with Crippen LogP contribution in [-0.4, -0.2) is 66.1 Å². The predicted molar refractivity (Wildman–Crippen MR) is 108 cm³/mol. The molecule has 3 rings (SSSR count). The minimum Gasteiger partial charge on any atom is -0.395 e. The Hall–Kier alpha value is -2.66. The molecule has 1 fully saturated rings. The van der Waals surface area contributed by atoms with Crippen molar-refractivity contribution in [1.29, 1.82) is 5.26 Å². The Morgan fingerprint density at radius 1 is 1.21 bits per heavy atom. The van der Waals surface area contributed by atoms with Gasteiger partial charge in [-0.25, -0.2) is 4.98 Å². The lowest BCUT2D eigenvalue weighted by Crippen LogP contribution is -2.53. The number of carbonyl (C=O) groups is 2. The molecule has 1 aliphatic heterocycles. The highest BCUT2D eigenvalue weighted by Crippen LogP contribution is 2.34. The molecule has 0 unspecified atom stereocenters. The number of carbonyl (C=O) groups excluding carboxylic acids is 2. The second-order valence-corrected chi connectivity index (χ2v) is 8.04. The molecule has 1 saturated heterocycles. The molecule has 0 aromatic carbocycles. The molecule has 1 aromatic rings. The Kier molecular flexibility index (Phi) is 6.70. The summed E-state index contributed by atoms with van der Waals surface area (Å²) in [4.78, 5) is 32.6. The lowest BCUT2D eigenvalue weighted by Gasteiger charge is -2.36. The number of aliphatic hydroxyl groups is 1. The van der Waals surface area contributed by atoms with Crippen LogP contribution in [0.3, 0.4) is 0 Å². The maximum atomic E-state index is 12.2. The van der Waals surface area contributed by atoms with Crippen molar-refractivity contribution >= 4 is 17.6 Å². The van der Waals surface area contributed by atoms with Gasteiger partial charge in [0.2, 0.25) is 0 Å². The van der Waals surface area contributed by atoms with E-state index in [0.717, 1.165) is 42.8 Å². The van der Waals surface area contributed by atoms with Crippen molar-refractivity contribution in [2.75, 3.05) is 44.2 Å². The van der Waals surface area contributed by atoms with E-state index in [4.69, 9.17) is 10.1 Å². The van der Waals surface area contributed by atoms with Gasteiger partial charge in [-0.05, 0) is 42.7 Å². The van der Waals surface area contributed by atoms with E-state index in [-0.39, 0.29) is 13.2 Å². The third-order valence-electron chi connectivity index (χ3n) is 5.50. The second kappa shape index (κ2) is 9.23. The van der Waals surface area contributed by atoms with E-state index >= 15 is 0 Å². The van der Waals surface area contributed by atoms with E-state index < -0.39 is 11.8 Å². The normalized spacial score (nSPS) is 16.0. The smallest absolute Gasteiger partial charge is 0.312 e. The van der Waals surface area contributed by atoms with Crippen LogP contribution in [0.5, 0.6) is 0 Å². The summed E-state index contributed by atoms with van der Waals surface area (Å²) in [6.07, 6.45) is 3.86. The van der Waals surface area contributed by atoms with Gasteiger partial charge in [-0.2, -0.15) is 5.26 Å². The van der Waals surface area contributed by atoms with E-state index in [0.29, 0.717) is 37.7 Å². The first-order chi connectivity index (χ1) is 14.0. The Bertz CT molecular complexity index is 823. The van der Waals surface area contributed by atoms with Gasteiger partial charge in [-0.3, -0.25) is 9.59 Å². The summed E-state index contributed by atoms with van der Waals surface area (Å²) in [5.74, 6) is -0.0679. The van der Waals surface area contributed by atoms with E-state index in [1.165, 1.54) is 10.5 Å². The molecule has 0 atom stereocenters. The van der Waals surface area contributed by atoms with Crippen LogP contribution in [-0.2, 0) is 28.9 Å². The van der Waals surface area contributed by atoms with E-state index in [2.05, 4.69) is 30.1 Å². The fourth-order valence-corrected chi connectivity index (χ4v) is 4.14. The van der Waals surface area contributed by atoms with E-state index in [1.54, 1.807) is 0 Å². The molecule has 29 heavy (non-hydrogen) atoms. The molecule has 156 valence electrons. The maximum Gasteiger partial charge on any atom is 0.312 e. The molecule has 0 bridgehead atoms. The molecule has 2 N–H and O–H groups in total. The lowest BCUT2D eigenvalue weighted by molar-refractivity contribution is -0.146. The number of amides is 2. The highest BCUT2D eigenvalue weighted by Gasteiger charge is 2.30. The Morgan fingerprint density at radius 2 is 1.90 bits per heavy atom. The van der Waals surface area contributed by atoms with Crippen LogP contribution < -0.4 is 10.2 Å². The molecule has 0 spiro atoms. The zero-order valence-electron chi connectivity index (χ0n) is 17.2. The minimum absolute atomic E-state index is 0.0632. The number of aliphatic hydroxyl groups excluding tert-OH is 1. The number of anilines is 1.